The number of ether oxygens (including phenoxy) is 1. The summed E-state index contributed by atoms with van der Waals surface area (Å²) in [6.07, 6.45) is 1.96. The van der Waals surface area contributed by atoms with Crippen LogP contribution in [0.15, 0.2) is 12.3 Å². The van der Waals surface area contributed by atoms with Crippen LogP contribution in [0.4, 0.5) is 11.8 Å². The average molecular weight is 374 g/mol. The third kappa shape index (κ3) is 3.35. The van der Waals surface area contributed by atoms with Gasteiger partial charge in [0.05, 0.1) is 37.5 Å². The monoisotopic (exact) mass is 374 g/mol. The van der Waals surface area contributed by atoms with Gasteiger partial charge in [0.1, 0.15) is 11.5 Å². The van der Waals surface area contributed by atoms with Gasteiger partial charge in [0.2, 0.25) is 5.95 Å². The van der Waals surface area contributed by atoms with Crippen molar-refractivity contribution in [3.8, 4) is 0 Å². The predicted molar refractivity (Wildman–Crippen MR) is 99.5 cm³/mol. The highest BCUT2D eigenvalue weighted by Gasteiger charge is 2.35. The zero-order valence-corrected chi connectivity index (χ0v) is 16.0. The van der Waals surface area contributed by atoms with Crippen molar-refractivity contribution in [3.05, 3.63) is 23.7 Å². The zero-order valence-electron chi connectivity index (χ0n) is 16.0. The van der Waals surface area contributed by atoms with Gasteiger partial charge in [-0.05, 0) is 20.2 Å². The number of nitrogens with zero attached hydrogens (tertiary/aromatic N) is 8. The number of fused-ring (bicyclic) bond motifs is 1. The highest BCUT2D eigenvalue weighted by molar-refractivity contribution is 5.46. The Hall–Kier alpha value is -2.30. The molecule has 0 bridgehead atoms. The van der Waals surface area contributed by atoms with Gasteiger partial charge >= 0.3 is 0 Å². The first-order valence-corrected chi connectivity index (χ1v) is 9.15. The van der Waals surface area contributed by atoms with E-state index in [9.17, 15) is 5.11 Å². The molecule has 0 unspecified atom stereocenters. The molecule has 1 N–H and O–H groups in total. The number of aliphatic hydroxyl groups excluding tert-OH is 1. The summed E-state index contributed by atoms with van der Waals surface area (Å²) in [7, 11) is 5.92. The zero-order chi connectivity index (χ0) is 19.0. The molecular formula is C17H26N8O2. The molecule has 1 fully saturated rings. The number of hydrogen-bond acceptors (Lipinski definition) is 9. The standard InChI is InChI=1S/C17H26N8O2/c1-22(2)14-9-24(10-15(14)27-3)16-4-5-18-17(19-16)23-6-7-25-13(8-23)12(11-26)20-21-25/h4-5,14-15,26H,6-11H2,1-3H3/t14-,15+/m0/s1. The Bertz CT molecular complexity index is 781. The third-order valence-electron chi connectivity index (χ3n) is 5.43. The number of aliphatic hydroxyl groups is 1. The lowest BCUT2D eigenvalue weighted by atomic mass is 10.2. The Kier molecular flexibility index (Phi) is 4.94. The SMILES string of the molecule is CO[C@@H]1CN(c2ccnc(N3CCn4nnc(CO)c4C3)n2)C[C@@H]1N(C)C. The van der Waals surface area contributed by atoms with Crippen molar-refractivity contribution in [1.82, 2.24) is 29.9 Å². The number of aromatic nitrogens is 5. The lowest BCUT2D eigenvalue weighted by Crippen LogP contribution is -2.39. The molecule has 10 nitrogen and oxygen atoms in total. The Morgan fingerprint density at radius 3 is 2.81 bits per heavy atom. The fourth-order valence-electron chi connectivity index (χ4n) is 3.83. The summed E-state index contributed by atoms with van der Waals surface area (Å²) in [6.45, 7) is 3.61. The van der Waals surface area contributed by atoms with Crippen LogP contribution in [0.1, 0.15) is 11.4 Å². The summed E-state index contributed by atoms with van der Waals surface area (Å²) < 4.78 is 7.51. The summed E-state index contributed by atoms with van der Waals surface area (Å²) in [4.78, 5) is 15.8. The second-order valence-electron chi connectivity index (χ2n) is 7.21. The molecule has 0 amide bonds. The molecule has 2 aromatic rings. The minimum atomic E-state index is -0.109. The molecular weight excluding hydrogens is 348 g/mol. The lowest BCUT2D eigenvalue weighted by Gasteiger charge is -2.28. The van der Waals surface area contributed by atoms with Gasteiger partial charge in [0, 0.05) is 32.9 Å². The average Bonchev–Trinajstić information content (AvgIpc) is 3.31. The van der Waals surface area contributed by atoms with Crippen LogP contribution in [0.3, 0.4) is 0 Å². The molecule has 0 aromatic carbocycles. The smallest absolute Gasteiger partial charge is 0.227 e. The van der Waals surface area contributed by atoms with Crippen LogP contribution >= 0.6 is 0 Å². The van der Waals surface area contributed by atoms with Gasteiger partial charge in [-0.3, -0.25) is 0 Å². The molecule has 4 heterocycles. The van der Waals surface area contributed by atoms with Crippen molar-refractivity contribution < 1.29 is 9.84 Å². The number of hydrogen-bond donors (Lipinski definition) is 1. The van der Waals surface area contributed by atoms with E-state index in [0.29, 0.717) is 30.8 Å². The Balaban J connectivity index is 1.54. The van der Waals surface area contributed by atoms with Crippen molar-refractivity contribution in [2.45, 2.75) is 31.8 Å². The van der Waals surface area contributed by atoms with Crippen molar-refractivity contribution >= 4 is 11.8 Å². The molecule has 0 saturated carbocycles. The largest absolute Gasteiger partial charge is 0.390 e. The van der Waals surface area contributed by atoms with E-state index >= 15 is 0 Å². The molecule has 146 valence electrons. The van der Waals surface area contributed by atoms with Gasteiger partial charge in [-0.15, -0.1) is 5.10 Å². The van der Waals surface area contributed by atoms with E-state index in [1.54, 1.807) is 13.3 Å². The van der Waals surface area contributed by atoms with Crippen molar-refractivity contribution in [1.29, 1.82) is 0 Å². The van der Waals surface area contributed by atoms with Gasteiger partial charge < -0.3 is 24.5 Å². The van der Waals surface area contributed by atoms with E-state index in [0.717, 1.165) is 31.1 Å². The van der Waals surface area contributed by atoms with E-state index in [4.69, 9.17) is 9.72 Å². The summed E-state index contributed by atoms with van der Waals surface area (Å²) >= 11 is 0. The van der Waals surface area contributed by atoms with Crippen LogP contribution in [0.5, 0.6) is 0 Å². The van der Waals surface area contributed by atoms with E-state index in [2.05, 4.69) is 44.1 Å². The van der Waals surface area contributed by atoms with Gasteiger partial charge in [0.25, 0.3) is 0 Å². The van der Waals surface area contributed by atoms with Crippen LogP contribution in [0, 0.1) is 0 Å². The van der Waals surface area contributed by atoms with Crippen molar-refractivity contribution in [2.75, 3.05) is 50.6 Å². The van der Waals surface area contributed by atoms with Crippen LogP contribution < -0.4 is 9.80 Å². The third-order valence-corrected chi connectivity index (χ3v) is 5.43. The Labute approximate surface area is 158 Å². The molecule has 2 aromatic heterocycles. The summed E-state index contributed by atoms with van der Waals surface area (Å²) in [6, 6.07) is 2.28. The molecule has 2 atom stereocenters. The topological polar surface area (TPSA) is 95.7 Å². The first kappa shape index (κ1) is 18.1. The van der Waals surface area contributed by atoms with Gasteiger partial charge in [-0.2, -0.15) is 4.98 Å². The fourth-order valence-corrected chi connectivity index (χ4v) is 3.83. The molecule has 4 rings (SSSR count). The normalized spacial score (nSPS) is 22.6. The molecule has 10 heteroatoms. The second kappa shape index (κ2) is 7.37. The molecule has 0 radical (unpaired) electrons. The molecule has 0 spiro atoms. The van der Waals surface area contributed by atoms with Gasteiger partial charge in [0.15, 0.2) is 0 Å². The van der Waals surface area contributed by atoms with Crippen LogP contribution in [-0.4, -0.2) is 88.0 Å². The maximum absolute atomic E-state index is 9.46. The maximum atomic E-state index is 9.46. The molecule has 2 aliphatic rings. The summed E-state index contributed by atoms with van der Waals surface area (Å²) in [5.41, 5.74) is 1.54. The number of anilines is 2. The van der Waals surface area contributed by atoms with Crippen LogP contribution in [0.2, 0.25) is 0 Å². The van der Waals surface area contributed by atoms with Crippen molar-refractivity contribution in [2.24, 2.45) is 0 Å². The summed E-state index contributed by atoms with van der Waals surface area (Å²) in [5, 5.41) is 17.6. The van der Waals surface area contributed by atoms with Gasteiger partial charge in [-0.25, -0.2) is 9.67 Å². The van der Waals surface area contributed by atoms with E-state index in [1.807, 2.05) is 10.7 Å². The summed E-state index contributed by atoms with van der Waals surface area (Å²) in [5.74, 6) is 1.59. The lowest BCUT2D eigenvalue weighted by molar-refractivity contribution is 0.0639. The van der Waals surface area contributed by atoms with Crippen LogP contribution in [-0.2, 0) is 24.4 Å². The maximum Gasteiger partial charge on any atom is 0.227 e. The number of rotatable bonds is 5. The first-order valence-electron chi connectivity index (χ1n) is 9.15. The first-order chi connectivity index (χ1) is 13.1. The minimum Gasteiger partial charge on any atom is -0.390 e. The minimum absolute atomic E-state index is 0.109. The molecule has 0 aliphatic carbocycles. The predicted octanol–water partition coefficient (Wildman–Crippen LogP) is -0.654. The molecule has 27 heavy (non-hydrogen) atoms. The van der Waals surface area contributed by atoms with Gasteiger partial charge in [-0.1, -0.05) is 5.21 Å². The fraction of sp³-hybridized carbons (Fsp3) is 0.647. The molecule has 1 saturated heterocycles. The number of likely N-dealkylation sites (N-methyl/N-ethyl adjacent to an activating group) is 1. The van der Waals surface area contributed by atoms with E-state index in [-0.39, 0.29) is 12.7 Å². The van der Waals surface area contributed by atoms with Crippen LogP contribution in [0.25, 0.3) is 0 Å². The van der Waals surface area contributed by atoms with Crippen molar-refractivity contribution in [3.63, 3.8) is 0 Å². The number of methoxy groups -OCH3 is 1. The highest BCUT2D eigenvalue weighted by atomic mass is 16.5. The Morgan fingerprint density at radius 2 is 2.11 bits per heavy atom. The highest BCUT2D eigenvalue weighted by Crippen LogP contribution is 2.25. The second-order valence-corrected chi connectivity index (χ2v) is 7.21. The quantitative estimate of drug-likeness (QED) is 0.732. The molecule has 2 aliphatic heterocycles. The van der Waals surface area contributed by atoms with E-state index in [1.165, 1.54) is 0 Å². The van der Waals surface area contributed by atoms with E-state index < -0.39 is 0 Å². The Morgan fingerprint density at radius 1 is 1.26 bits per heavy atom.